The summed E-state index contributed by atoms with van der Waals surface area (Å²) < 4.78 is 10.1. The maximum Gasteiger partial charge on any atom is 0.222 e. The van der Waals surface area contributed by atoms with Gasteiger partial charge in [-0.15, -0.1) is 0 Å². The van der Waals surface area contributed by atoms with Crippen molar-refractivity contribution >= 4 is 17.5 Å². The highest BCUT2D eigenvalue weighted by atomic mass is 35.5. The fraction of sp³-hybridized carbons (Fsp3) is 0.182. The molecule has 1 aromatic carbocycles. The van der Waals surface area contributed by atoms with Crippen molar-refractivity contribution in [2.45, 2.75) is 6.92 Å². The van der Waals surface area contributed by atoms with Crippen LogP contribution in [0, 0.1) is 6.92 Å². The molecule has 1 aromatic heterocycles. The number of aryl methyl sites for hydroxylation is 1. The van der Waals surface area contributed by atoms with Crippen LogP contribution in [0.1, 0.15) is 5.56 Å². The summed E-state index contributed by atoms with van der Waals surface area (Å²) in [6, 6.07) is 5.39. The van der Waals surface area contributed by atoms with Gasteiger partial charge in [0.15, 0.2) is 0 Å². The van der Waals surface area contributed by atoms with E-state index >= 15 is 0 Å². The van der Waals surface area contributed by atoms with Crippen molar-refractivity contribution in [3.8, 4) is 17.0 Å². The van der Waals surface area contributed by atoms with Gasteiger partial charge in [-0.3, -0.25) is 0 Å². The zero-order valence-corrected chi connectivity index (χ0v) is 9.71. The van der Waals surface area contributed by atoms with E-state index in [1.165, 1.54) is 0 Å². The van der Waals surface area contributed by atoms with Crippen molar-refractivity contribution in [1.29, 1.82) is 0 Å². The van der Waals surface area contributed by atoms with Gasteiger partial charge in [0.05, 0.1) is 12.1 Å². The highest BCUT2D eigenvalue weighted by Crippen LogP contribution is 2.37. The summed E-state index contributed by atoms with van der Waals surface area (Å²) >= 11 is 6.14. The zero-order valence-electron chi connectivity index (χ0n) is 8.95. The fourth-order valence-corrected chi connectivity index (χ4v) is 1.71. The van der Waals surface area contributed by atoms with Crippen LogP contribution < -0.4 is 10.5 Å². The predicted molar refractivity (Wildman–Crippen MR) is 62.7 cm³/mol. The Balaban J connectivity index is 2.61. The molecule has 16 heavy (non-hydrogen) atoms. The van der Waals surface area contributed by atoms with E-state index in [1.54, 1.807) is 13.2 Å². The van der Waals surface area contributed by atoms with Crippen LogP contribution in [0.3, 0.4) is 0 Å². The van der Waals surface area contributed by atoms with E-state index < -0.39 is 0 Å². The van der Waals surface area contributed by atoms with Gasteiger partial charge in [0.1, 0.15) is 11.4 Å². The van der Waals surface area contributed by atoms with E-state index in [4.69, 9.17) is 26.6 Å². The van der Waals surface area contributed by atoms with Crippen LogP contribution in [0.15, 0.2) is 22.7 Å². The lowest BCUT2D eigenvalue weighted by Gasteiger charge is -2.09. The molecule has 0 saturated heterocycles. The molecule has 4 nitrogen and oxygen atoms in total. The van der Waals surface area contributed by atoms with E-state index in [-0.39, 0.29) is 5.88 Å². The fourth-order valence-electron chi connectivity index (χ4n) is 1.47. The molecule has 0 atom stereocenters. The van der Waals surface area contributed by atoms with E-state index in [0.29, 0.717) is 16.5 Å². The SMILES string of the molecule is COc1c(-c2cc(N)on2)ccc(C)c1Cl. The predicted octanol–water partition coefficient (Wildman–Crippen LogP) is 2.89. The molecule has 0 unspecified atom stereocenters. The molecule has 84 valence electrons. The Hall–Kier alpha value is -1.68. The second-order valence-corrected chi connectivity index (χ2v) is 3.77. The van der Waals surface area contributed by atoms with E-state index in [1.807, 2.05) is 19.1 Å². The number of benzene rings is 1. The topological polar surface area (TPSA) is 61.3 Å². The van der Waals surface area contributed by atoms with Gasteiger partial charge in [-0.05, 0) is 18.6 Å². The van der Waals surface area contributed by atoms with Gasteiger partial charge in [0, 0.05) is 11.6 Å². The molecule has 0 aliphatic heterocycles. The van der Waals surface area contributed by atoms with Crippen LogP contribution >= 0.6 is 11.6 Å². The van der Waals surface area contributed by atoms with Crippen molar-refractivity contribution in [2.75, 3.05) is 12.8 Å². The van der Waals surface area contributed by atoms with Crippen molar-refractivity contribution in [2.24, 2.45) is 0 Å². The summed E-state index contributed by atoms with van der Waals surface area (Å²) in [5.74, 6) is 0.837. The van der Waals surface area contributed by atoms with Crippen molar-refractivity contribution in [1.82, 2.24) is 5.16 Å². The standard InChI is InChI=1S/C11H11ClN2O2/c1-6-3-4-7(11(15-2)10(6)12)8-5-9(13)16-14-8/h3-5H,13H2,1-2H3. The first-order chi connectivity index (χ1) is 7.63. The summed E-state index contributed by atoms with van der Waals surface area (Å²) in [6.45, 7) is 1.91. The van der Waals surface area contributed by atoms with Crippen molar-refractivity contribution < 1.29 is 9.26 Å². The molecule has 0 spiro atoms. The maximum atomic E-state index is 6.14. The van der Waals surface area contributed by atoms with Gasteiger partial charge in [0.25, 0.3) is 0 Å². The van der Waals surface area contributed by atoms with Gasteiger partial charge < -0.3 is 15.0 Å². The van der Waals surface area contributed by atoms with E-state index in [9.17, 15) is 0 Å². The smallest absolute Gasteiger partial charge is 0.222 e. The largest absolute Gasteiger partial charge is 0.494 e. The molecule has 0 amide bonds. The van der Waals surface area contributed by atoms with Gasteiger partial charge in [-0.25, -0.2) is 0 Å². The summed E-state index contributed by atoms with van der Waals surface area (Å²) in [6.07, 6.45) is 0. The Morgan fingerprint density at radius 1 is 1.44 bits per heavy atom. The number of nitrogens with two attached hydrogens (primary N) is 1. The number of aromatic nitrogens is 1. The third-order valence-corrected chi connectivity index (χ3v) is 2.77. The molecular formula is C11H11ClN2O2. The van der Waals surface area contributed by atoms with Crippen LogP contribution in [0.2, 0.25) is 5.02 Å². The first-order valence-corrected chi connectivity index (χ1v) is 5.07. The monoisotopic (exact) mass is 238 g/mol. The van der Waals surface area contributed by atoms with Crippen LogP contribution in [-0.2, 0) is 0 Å². The number of nitrogens with zero attached hydrogens (tertiary/aromatic N) is 1. The Morgan fingerprint density at radius 3 is 2.75 bits per heavy atom. The second-order valence-electron chi connectivity index (χ2n) is 3.39. The number of halogens is 1. The highest BCUT2D eigenvalue weighted by molar-refractivity contribution is 6.33. The molecule has 0 fully saturated rings. The first kappa shape index (κ1) is 10.8. The lowest BCUT2D eigenvalue weighted by atomic mass is 10.1. The summed E-state index contributed by atoms with van der Waals surface area (Å²) in [5, 5.41) is 4.40. The minimum Gasteiger partial charge on any atom is -0.494 e. The molecule has 2 N–H and O–H groups in total. The molecule has 0 bridgehead atoms. The summed E-state index contributed by atoms with van der Waals surface area (Å²) in [7, 11) is 1.56. The second kappa shape index (κ2) is 4.06. The molecule has 0 aliphatic rings. The molecule has 5 heteroatoms. The molecule has 2 rings (SSSR count). The minimum absolute atomic E-state index is 0.258. The van der Waals surface area contributed by atoms with Gasteiger partial charge in [-0.1, -0.05) is 22.8 Å². The van der Waals surface area contributed by atoms with Crippen molar-refractivity contribution in [3.63, 3.8) is 0 Å². The Morgan fingerprint density at radius 2 is 2.19 bits per heavy atom. The number of methoxy groups -OCH3 is 1. The lowest BCUT2D eigenvalue weighted by Crippen LogP contribution is -1.91. The third kappa shape index (κ3) is 1.72. The maximum absolute atomic E-state index is 6.14. The lowest BCUT2D eigenvalue weighted by molar-refractivity contribution is 0.414. The zero-order chi connectivity index (χ0) is 11.7. The average molecular weight is 239 g/mol. The van der Waals surface area contributed by atoms with Gasteiger partial charge >= 0.3 is 0 Å². The number of anilines is 1. The van der Waals surface area contributed by atoms with Crippen LogP contribution in [0.4, 0.5) is 5.88 Å². The Kier molecular flexibility index (Phi) is 2.75. The quantitative estimate of drug-likeness (QED) is 0.874. The number of ether oxygens (including phenoxy) is 1. The molecular weight excluding hydrogens is 228 g/mol. The van der Waals surface area contributed by atoms with E-state index in [0.717, 1.165) is 11.1 Å². The Bertz CT molecular complexity index is 523. The number of hydrogen-bond acceptors (Lipinski definition) is 4. The highest BCUT2D eigenvalue weighted by Gasteiger charge is 2.14. The summed E-state index contributed by atoms with van der Waals surface area (Å²) in [5.41, 5.74) is 7.79. The minimum atomic E-state index is 0.258. The van der Waals surface area contributed by atoms with E-state index in [2.05, 4.69) is 5.16 Å². The van der Waals surface area contributed by atoms with Crippen molar-refractivity contribution in [3.05, 3.63) is 28.8 Å². The summed E-state index contributed by atoms with van der Waals surface area (Å²) in [4.78, 5) is 0. The molecule has 0 radical (unpaired) electrons. The Labute approximate surface area is 97.9 Å². The number of hydrogen-bond donors (Lipinski definition) is 1. The van der Waals surface area contributed by atoms with Gasteiger partial charge in [0.2, 0.25) is 5.88 Å². The molecule has 2 aromatic rings. The van der Waals surface area contributed by atoms with Crippen LogP contribution in [-0.4, -0.2) is 12.3 Å². The first-order valence-electron chi connectivity index (χ1n) is 4.69. The molecule has 0 aliphatic carbocycles. The average Bonchev–Trinajstić information content (AvgIpc) is 2.68. The molecule has 0 saturated carbocycles. The van der Waals surface area contributed by atoms with Crippen LogP contribution in [0.5, 0.6) is 5.75 Å². The normalized spacial score (nSPS) is 10.4. The number of rotatable bonds is 2. The molecule has 1 heterocycles. The number of nitrogen functional groups attached to an aromatic ring is 1. The van der Waals surface area contributed by atoms with Crippen LogP contribution in [0.25, 0.3) is 11.3 Å². The van der Waals surface area contributed by atoms with Gasteiger partial charge in [-0.2, -0.15) is 0 Å². The third-order valence-electron chi connectivity index (χ3n) is 2.30.